The van der Waals surface area contributed by atoms with Crippen LogP contribution in [0.5, 0.6) is 0 Å². The van der Waals surface area contributed by atoms with E-state index in [9.17, 15) is 9.59 Å². The number of anilines is 1. The van der Waals surface area contributed by atoms with Crippen LogP contribution in [0.2, 0.25) is 0 Å². The van der Waals surface area contributed by atoms with Crippen molar-refractivity contribution in [1.82, 2.24) is 10.1 Å². The number of carbonyl (C=O) groups excluding carboxylic acids is 2. The van der Waals surface area contributed by atoms with Crippen molar-refractivity contribution >= 4 is 28.7 Å². The van der Waals surface area contributed by atoms with Gasteiger partial charge in [-0.25, -0.2) is 9.78 Å². The van der Waals surface area contributed by atoms with Crippen LogP contribution in [-0.2, 0) is 16.0 Å². The van der Waals surface area contributed by atoms with Gasteiger partial charge in [0.1, 0.15) is 0 Å². The van der Waals surface area contributed by atoms with E-state index in [1.165, 1.54) is 0 Å². The quantitative estimate of drug-likeness (QED) is 0.655. The van der Waals surface area contributed by atoms with Crippen molar-refractivity contribution in [2.24, 2.45) is 0 Å². The molecule has 1 saturated carbocycles. The van der Waals surface area contributed by atoms with E-state index in [2.05, 4.69) is 15.5 Å². The molecule has 7 nitrogen and oxygen atoms in total. The van der Waals surface area contributed by atoms with E-state index in [0.717, 1.165) is 36.2 Å². The normalized spacial score (nSPS) is 13.5. The summed E-state index contributed by atoms with van der Waals surface area (Å²) in [6.45, 7) is 3.39. The Hall–Kier alpha value is -3.22. The summed E-state index contributed by atoms with van der Waals surface area (Å²) in [5.41, 5.74) is 3.79. The number of hydrogen-bond donors (Lipinski definition) is 1. The largest absolute Gasteiger partial charge is 0.452 e. The molecule has 1 aromatic carbocycles. The molecule has 2 aromatic heterocycles. The molecule has 0 spiro atoms. The average Bonchev–Trinajstić information content (AvgIpc) is 3.49. The fourth-order valence-electron chi connectivity index (χ4n) is 3.21. The van der Waals surface area contributed by atoms with Gasteiger partial charge in [0.2, 0.25) is 0 Å². The van der Waals surface area contributed by atoms with Gasteiger partial charge >= 0.3 is 5.97 Å². The van der Waals surface area contributed by atoms with Crippen LogP contribution < -0.4 is 5.32 Å². The maximum absolute atomic E-state index is 12.7. The fraction of sp³-hybridized carbons (Fsp3) is 0.333. The first-order valence-electron chi connectivity index (χ1n) is 9.38. The minimum atomic E-state index is -0.584. The van der Waals surface area contributed by atoms with Crippen molar-refractivity contribution in [2.75, 3.05) is 11.9 Å². The molecule has 0 aliphatic heterocycles. The van der Waals surface area contributed by atoms with Gasteiger partial charge in [0.25, 0.3) is 11.6 Å². The summed E-state index contributed by atoms with van der Waals surface area (Å²) in [6.07, 6.45) is 2.88. The first kappa shape index (κ1) is 18.2. The third-order valence-electron chi connectivity index (χ3n) is 4.86. The first-order valence-corrected chi connectivity index (χ1v) is 9.38. The lowest BCUT2D eigenvalue weighted by Crippen LogP contribution is -2.21. The molecule has 28 heavy (non-hydrogen) atoms. The highest BCUT2D eigenvalue weighted by Crippen LogP contribution is 2.40. The summed E-state index contributed by atoms with van der Waals surface area (Å²) < 4.78 is 10.5. The number of hydrogen-bond acceptors (Lipinski definition) is 6. The Morgan fingerprint density at radius 1 is 1.29 bits per heavy atom. The van der Waals surface area contributed by atoms with E-state index in [0.29, 0.717) is 28.3 Å². The van der Waals surface area contributed by atoms with Crippen molar-refractivity contribution in [3.8, 4) is 0 Å². The van der Waals surface area contributed by atoms with Crippen molar-refractivity contribution in [3.05, 3.63) is 52.8 Å². The molecule has 0 radical (unpaired) electrons. The Bertz CT molecular complexity index is 1050. The highest BCUT2D eigenvalue weighted by molar-refractivity contribution is 6.04. The number of carbonyl (C=O) groups is 2. The highest BCUT2D eigenvalue weighted by Gasteiger charge is 2.29. The summed E-state index contributed by atoms with van der Waals surface area (Å²) in [5, 5.41) is 7.23. The topological polar surface area (TPSA) is 94.3 Å². The molecule has 144 valence electrons. The molecule has 1 amide bonds. The van der Waals surface area contributed by atoms with Gasteiger partial charge in [0, 0.05) is 17.3 Å². The molecule has 0 atom stereocenters. The minimum absolute atomic E-state index is 0.329. The van der Waals surface area contributed by atoms with E-state index in [1.807, 2.05) is 31.2 Å². The van der Waals surface area contributed by atoms with Gasteiger partial charge in [-0.15, -0.1) is 0 Å². The van der Waals surface area contributed by atoms with Gasteiger partial charge in [-0.05, 0) is 43.9 Å². The van der Waals surface area contributed by atoms with Crippen molar-refractivity contribution < 1.29 is 18.8 Å². The summed E-state index contributed by atoms with van der Waals surface area (Å²) in [5.74, 6) is -0.626. The van der Waals surface area contributed by atoms with Gasteiger partial charge in [-0.3, -0.25) is 4.79 Å². The number of fused-ring (bicyclic) bond motifs is 1. The minimum Gasteiger partial charge on any atom is -0.452 e. The second-order valence-electron chi connectivity index (χ2n) is 6.95. The van der Waals surface area contributed by atoms with Gasteiger partial charge in [0.15, 0.2) is 6.61 Å². The standard InChI is InChI=1S/C21H21N3O4/c1-3-13-6-4-5-7-16(13)22-18(25)11-27-21(26)15-10-17(14-8-9-14)23-20-19(15)12(2)24-28-20/h4-7,10,14H,3,8-9,11H2,1-2H3,(H,22,25). The molecule has 0 saturated heterocycles. The summed E-state index contributed by atoms with van der Waals surface area (Å²) >= 11 is 0. The Morgan fingerprint density at radius 3 is 2.82 bits per heavy atom. The van der Waals surface area contributed by atoms with Crippen LogP contribution in [0, 0.1) is 6.92 Å². The molecule has 2 heterocycles. The van der Waals surface area contributed by atoms with Crippen LogP contribution in [-0.4, -0.2) is 28.6 Å². The monoisotopic (exact) mass is 379 g/mol. The number of amides is 1. The zero-order valence-electron chi connectivity index (χ0n) is 15.8. The van der Waals surface area contributed by atoms with Gasteiger partial charge in [0.05, 0.1) is 16.6 Å². The number of ether oxygens (including phenoxy) is 1. The molecule has 7 heteroatoms. The Balaban J connectivity index is 1.49. The highest BCUT2D eigenvalue weighted by atomic mass is 16.5. The van der Waals surface area contributed by atoms with Crippen LogP contribution in [0.25, 0.3) is 11.1 Å². The number of pyridine rings is 1. The lowest BCUT2D eigenvalue weighted by Gasteiger charge is -2.10. The second-order valence-corrected chi connectivity index (χ2v) is 6.95. The number of para-hydroxylation sites is 1. The first-order chi connectivity index (χ1) is 13.6. The molecule has 0 bridgehead atoms. The number of benzene rings is 1. The van der Waals surface area contributed by atoms with E-state index in [1.54, 1.807) is 13.0 Å². The lowest BCUT2D eigenvalue weighted by molar-refractivity contribution is -0.119. The predicted molar refractivity (Wildman–Crippen MR) is 103 cm³/mol. The zero-order valence-corrected chi connectivity index (χ0v) is 15.8. The van der Waals surface area contributed by atoms with Crippen molar-refractivity contribution in [1.29, 1.82) is 0 Å². The number of esters is 1. The van der Waals surface area contributed by atoms with E-state index in [-0.39, 0.29) is 12.5 Å². The van der Waals surface area contributed by atoms with Crippen LogP contribution in [0.4, 0.5) is 5.69 Å². The smallest absolute Gasteiger partial charge is 0.339 e. The zero-order chi connectivity index (χ0) is 19.7. The van der Waals surface area contributed by atoms with Gasteiger partial charge in [-0.2, -0.15) is 0 Å². The molecular weight excluding hydrogens is 358 g/mol. The summed E-state index contributed by atoms with van der Waals surface area (Å²) in [4.78, 5) is 29.4. The molecule has 0 unspecified atom stereocenters. The number of aryl methyl sites for hydroxylation is 2. The number of aromatic nitrogens is 2. The molecule has 1 N–H and O–H groups in total. The molecule has 3 aromatic rings. The summed E-state index contributed by atoms with van der Waals surface area (Å²) in [7, 11) is 0. The molecule has 4 rings (SSSR count). The van der Waals surface area contributed by atoms with Crippen LogP contribution >= 0.6 is 0 Å². The number of nitrogens with zero attached hydrogens (tertiary/aromatic N) is 2. The predicted octanol–water partition coefficient (Wildman–Crippen LogP) is 3.77. The van der Waals surface area contributed by atoms with E-state index < -0.39 is 5.97 Å². The van der Waals surface area contributed by atoms with Gasteiger partial charge in [-0.1, -0.05) is 30.3 Å². The second kappa shape index (κ2) is 7.42. The Kier molecular flexibility index (Phi) is 4.81. The Morgan fingerprint density at radius 2 is 2.07 bits per heavy atom. The van der Waals surface area contributed by atoms with Crippen molar-refractivity contribution in [3.63, 3.8) is 0 Å². The SMILES string of the molecule is CCc1ccccc1NC(=O)COC(=O)c1cc(C2CC2)nc2onc(C)c12. The number of rotatable bonds is 6. The average molecular weight is 379 g/mol. The van der Waals surface area contributed by atoms with Gasteiger partial charge < -0.3 is 14.6 Å². The maximum Gasteiger partial charge on any atom is 0.339 e. The molecule has 1 aliphatic rings. The van der Waals surface area contributed by atoms with Crippen LogP contribution in [0.3, 0.4) is 0 Å². The number of nitrogens with one attached hydrogen (secondary N) is 1. The molecule has 1 fully saturated rings. The summed E-state index contributed by atoms with van der Waals surface area (Å²) in [6, 6.07) is 9.28. The fourth-order valence-corrected chi connectivity index (χ4v) is 3.21. The van der Waals surface area contributed by atoms with E-state index in [4.69, 9.17) is 9.26 Å². The van der Waals surface area contributed by atoms with E-state index >= 15 is 0 Å². The Labute approximate surface area is 162 Å². The molecular formula is C21H21N3O4. The molecule has 1 aliphatic carbocycles. The van der Waals surface area contributed by atoms with Crippen molar-refractivity contribution in [2.45, 2.75) is 39.0 Å². The lowest BCUT2D eigenvalue weighted by atomic mass is 10.1. The maximum atomic E-state index is 12.7. The third kappa shape index (κ3) is 3.60. The van der Waals surface area contributed by atoms with Crippen LogP contribution in [0.15, 0.2) is 34.9 Å². The third-order valence-corrected chi connectivity index (χ3v) is 4.86. The van der Waals surface area contributed by atoms with Crippen LogP contribution in [0.1, 0.15) is 53.0 Å².